The van der Waals surface area contributed by atoms with Gasteiger partial charge in [0.25, 0.3) is 0 Å². The van der Waals surface area contributed by atoms with Crippen LogP contribution in [0.5, 0.6) is 0 Å². The summed E-state index contributed by atoms with van der Waals surface area (Å²) in [5.41, 5.74) is 2.33. The van der Waals surface area contributed by atoms with Gasteiger partial charge in [-0.15, -0.1) is 0 Å². The summed E-state index contributed by atoms with van der Waals surface area (Å²) in [6.45, 7) is 5.88. The van der Waals surface area contributed by atoms with Crippen molar-refractivity contribution in [1.82, 2.24) is 14.5 Å². The molecule has 3 rings (SSSR count). The molecule has 2 aromatic rings. The zero-order valence-corrected chi connectivity index (χ0v) is 14.3. The van der Waals surface area contributed by atoms with Crippen molar-refractivity contribution in [2.24, 2.45) is 0 Å². The summed E-state index contributed by atoms with van der Waals surface area (Å²) in [5.74, 6) is 1.62. The highest BCUT2D eigenvalue weighted by molar-refractivity contribution is 6.31. The Morgan fingerprint density at radius 2 is 2.00 bits per heavy atom. The van der Waals surface area contributed by atoms with Crippen molar-refractivity contribution in [3.05, 3.63) is 52.6 Å². The predicted octanol–water partition coefficient (Wildman–Crippen LogP) is 3.22. The van der Waals surface area contributed by atoms with Crippen molar-refractivity contribution in [1.29, 1.82) is 0 Å². The van der Waals surface area contributed by atoms with Crippen LogP contribution in [0.3, 0.4) is 0 Å². The Balaban J connectivity index is 1.62. The maximum Gasteiger partial charge on any atom is 0.112 e. The molecule has 23 heavy (non-hydrogen) atoms. The Morgan fingerprint density at radius 3 is 2.70 bits per heavy atom. The van der Waals surface area contributed by atoms with Gasteiger partial charge in [-0.2, -0.15) is 0 Å². The van der Waals surface area contributed by atoms with E-state index in [1.165, 1.54) is 5.56 Å². The molecule has 2 heterocycles. The lowest BCUT2D eigenvalue weighted by atomic mass is 9.95. The number of imidazole rings is 1. The number of benzene rings is 1. The molecule has 0 amide bonds. The van der Waals surface area contributed by atoms with Gasteiger partial charge in [0.15, 0.2) is 0 Å². The minimum Gasteiger partial charge on any atom is -0.395 e. The molecule has 1 fully saturated rings. The summed E-state index contributed by atoms with van der Waals surface area (Å²) in [6.07, 6.45) is 4.12. The topological polar surface area (TPSA) is 41.3 Å². The van der Waals surface area contributed by atoms with Gasteiger partial charge in [0.2, 0.25) is 0 Å². The molecule has 1 aliphatic rings. The average Bonchev–Trinajstić information content (AvgIpc) is 2.92. The van der Waals surface area contributed by atoms with Gasteiger partial charge in [0.1, 0.15) is 5.82 Å². The van der Waals surface area contributed by atoms with Gasteiger partial charge in [-0.05, 0) is 44.5 Å². The Morgan fingerprint density at radius 1 is 1.26 bits per heavy atom. The molecule has 0 aliphatic carbocycles. The van der Waals surface area contributed by atoms with Gasteiger partial charge in [-0.3, -0.25) is 4.90 Å². The fourth-order valence-electron chi connectivity index (χ4n) is 3.41. The van der Waals surface area contributed by atoms with Crippen molar-refractivity contribution in [2.45, 2.75) is 38.8 Å². The quantitative estimate of drug-likeness (QED) is 0.913. The van der Waals surface area contributed by atoms with Crippen LogP contribution in [-0.4, -0.2) is 39.3 Å². The lowest BCUT2D eigenvalue weighted by Gasteiger charge is -2.32. The molecule has 124 valence electrons. The zero-order valence-electron chi connectivity index (χ0n) is 13.6. The standard InChI is InChI=1S/C18H24ClN3O/c1-14-12-20-18(22(14)10-11-23)15-6-8-21(9-7-15)13-16-4-2-3-5-17(16)19/h2-5,12,15,23H,6-11,13H2,1H3. The van der Waals surface area contributed by atoms with Crippen molar-refractivity contribution < 1.29 is 5.11 Å². The van der Waals surface area contributed by atoms with Gasteiger partial charge < -0.3 is 9.67 Å². The highest BCUT2D eigenvalue weighted by Crippen LogP contribution is 2.29. The first-order valence-corrected chi connectivity index (χ1v) is 8.65. The average molecular weight is 334 g/mol. The van der Waals surface area contributed by atoms with Gasteiger partial charge in [-0.1, -0.05) is 29.8 Å². The number of nitrogens with zero attached hydrogens (tertiary/aromatic N) is 3. The molecule has 0 unspecified atom stereocenters. The lowest BCUT2D eigenvalue weighted by molar-refractivity contribution is 0.198. The number of aliphatic hydroxyl groups is 1. The third-order valence-electron chi connectivity index (χ3n) is 4.71. The van der Waals surface area contributed by atoms with Crippen LogP contribution in [0.1, 0.15) is 35.8 Å². The van der Waals surface area contributed by atoms with E-state index in [2.05, 4.69) is 27.4 Å². The minimum atomic E-state index is 0.162. The predicted molar refractivity (Wildman–Crippen MR) is 92.8 cm³/mol. The normalized spacial score (nSPS) is 16.8. The first-order chi connectivity index (χ1) is 11.2. The summed E-state index contributed by atoms with van der Waals surface area (Å²) < 4.78 is 2.16. The molecule has 1 aliphatic heterocycles. The number of aromatic nitrogens is 2. The van der Waals surface area contributed by atoms with Crippen LogP contribution >= 0.6 is 11.6 Å². The van der Waals surface area contributed by atoms with Crippen LogP contribution < -0.4 is 0 Å². The summed E-state index contributed by atoms with van der Waals surface area (Å²) in [7, 11) is 0. The third kappa shape index (κ3) is 3.77. The van der Waals surface area contributed by atoms with Crippen LogP contribution in [0.4, 0.5) is 0 Å². The molecule has 5 heteroatoms. The molecule has 0 atom stereocenters. The van der Waals surface area contributed by atoms with Crippen LogP contribution in [0, 0.1) is 6.92 Å². The van der Waals surface area contributed by atoms with Crippen molar-refractivity contribution in [2.75, 3.05) is 19.7 Å². The summed E-state index contributed by atoms with van der Waals surface area (Å²) >= 11 is 6.26. The van der Waals surface area contributed by atoms with Gasteiger partial charge in [0, 0.05) is 35.9 Å². The number of halogens is 1. The number of aryl methyl sites for hydroxylation is 1. The second-order valence-corrected chi connectivity index (χ2v) is 6.68. The van der Waals surface area contributed by atoms with Gasteiger partial charge in [-0.25, -0.2) is 4.98 Å². The Kier molecular flexibility index (Phi) is 5.36. The third-order valence-corrected chi connectivity index (χ3v) is 5.08. The SMILES string of the molecule is Cc1cnc(C2CCN(Cc3ccccc3Cl)CC2)n1CCO. The number of hydrogen-bond acceptors (Lipinski definition) is 3. The summed E-state index contributed by atoms with van der Waals surface area (Å²) in [4.78, 5) is 7.06. The van der Waals surface area contributed by atoms with E-state index in [0.29, 0.717) is 12.5 Å². The molecule has 1 saturated heterocycles. The second kappa shape index (κ2) is 7.47. The molecular formula is C18H24ClN3O. The van der Waals surface area contributed by atoms with E-state index in [9.17, 15) is 5.11 Å². The van der Waals surface area contributed by atoms with Crippen LogP contribution in [-0.2, 0) is 13.1 Å². The highest BCUT2D eigenvalue weighted by atomic mass is 35.5. The van der Waals surface area contributed by atoms with Crippen LogP contribution in [0.25, 0.3) is 0 Å². The van der Waals surface area contributed by atoms with E-state index in [1.54, 1.807) is 0 Å². The number of rotatable bonds is 5. The van der Waals surface area contributed by atoms with E-state index in [-0.39, 0.29) is 6.61 Å². The fourth-order valence-corrected chi connectivity index (χ4v) is 3.61. The number of aliphatic hydroxyl groups excluding tert-OH is 1. The molecular weight excluding hydrogens is 310 g/mol. The monoisotopic (exact) mass is 333 g/mol. The maximum absolute atomic E-state index is 9.25. The summed E-state index contributed by atoms with van der Waals surface area (Å²) in [5, 5.41) is 10.1. The number of likely N-dealkylation sites (tertiary alicyclic amines) is 1. The zero-order chi connectivity index (χ0) is 16.2. The Bertz CT molecular complexity index is 647. The minimum absolute atomic E-state index is 0.162. The van der Waals surface area contributed by atoms with Crippen molar-refractivity contribution in [3.63, 3.8) is 0 Å². The second-order valence-electron chi connectivity index (χ2n) is 6.27. The smallest absolute Gasteiger partial charge is 0.112 e. The molecule has 0 radical (unpaired) electrons. The largest absolute Gasteiger partial charge is 0.395 e. The first kappa shape index (κ1) is 16.5. The van der Waals surface area contributed by atoms with Gasteiger partial charge >= 0.3 is 0 Å². The summed E-state index contributed by atoms with van der Waals surface area (Å²) in [6, 6.07) is 8.08. The molecule has 0 saturated carbocycles. The van der Waals surface area contributed by atoms with E-state index in [0.717, 1.165) is 49.0 Å². The van der Waals surface area contributed by atoms with E-state index in [4.69, 9.17) is 11.6 Å². The molecule has 1 aromatic carbocycles. The molecule has 0 bridgehead atoms. The van der Waals surface area contributed by atoms with Crippen molar-refractivity contribution >= 4 is 11.6 Å². The van der Waals surface area contributed by atoms with E-state index in [1.807, 2.05) is 24.4 Å². The molecule has 0 spiro atoms. The number of hydrogen-bond donors (Lipinski definition) is 1. The molecule has 4 nitrogen and oxygen atoms in total. The van der Waals surface area contributed by atoms with Crippen molar-refractivity contribution in [3.8, 4) is 0 Å². The highest BCUT2D eigenvalue weighted by Gasteiger charge is 2.24. The van der Waals surface area contributed by atoms with E-state index < -0.39 is 0 Å². The molecule has 1 aromatic heterocycles. The fraction of sp³-hybridized carbons (Fsp3) is 0.500. The maximum atomic E-state index is 9.25. The Hall–Kier alpha value is -1.36. The van der Waals surface area contributed by atoms with Gasteiger partial charge in [0.05, 0.1) is 6.61 Å². The molecule has 1 N–H and O–H groups in total. The first-order valence-electron chi connectivity index (χ1n) is 8.27. The lowest BCUT2D eigenvalue weighted by Crippen LogP contribution is -2.33. The van der Waals surface area contributed by atoms with Crippen LogP contribution in [0.15, 0.2) is 30.5 Å². The number of piperidine rings is 1. The van der Waals surface area contributed by atoms with E-state index >= 15 is 0 Å². The Labute approximate surface area is 142 Å². The van der Waals surface area contributed by atoms with Crippen LogP contribution in [0.2, 0.25) is 5.02 Å².